The molecule has 1 nitrogen and oxygen atoms in total. The average Bonchev–Trinajstić information content (AvgIpc) is 2.51. The van der Waals surface area contributed by atoms with Gasteiger partial charge in [0.05, 0.1) is 11.3 Å². The normalized spacial score (nSPS) is 10.8. The second-order valence-corrected chi connectivity index (χ2v) is 3.78. The first-order chi connectivity index (χ1) is 6.72. The van der Waals surface area contributed by atoms with Crippen LogP contribution in [0.15, 0.2) is 18.2 Å². The van der Waals surface area contributed by atoms with E-state index >= 15 is 0 Å². The van der Waals surface area contributed by atoms with E-state index in [1.807, 2.05) is 0 Å². The molecule has 0 N–H and O–H groups in total. The summed E-state index contributed by atoms with van der Waals surface area (Å²) < 4.78 is 31.9. The van der Waals surface area contributed by atoms with Crippen LogP contribution in [0.2, 0.25) is 0 Å². The van der Waals surface area contributed by atoms with Gasteiger partial charge in [-0.1, -0.05) is 6.07 Å². The van der Waals surface area contributed by atoms with Crippen LogP contribution in [0.1, 0.15) is 6.92 Å². The summed E-state index contributed by atoms with van der Waals surface area (Å²) in [5.74, 6) is -0.292. The Balaban J connectivity index is 2.68. The Morgan fingerprint density at radius 3 is 2.86 bits per heavy atom. The maximum Gasteiger partial charge on any atom is 0.177 e. The maximum absolute atomic E-state index is 13.3. The van der Waals surface area contributed by atoms with E-state index in [1.165, 1.54) is 12.1 Å². The fourth-order valence-corrected chi connectivity index (χ4v) is 2.18. The third-order valence-corrected chi connectivity index (χ3v) is 2.79. The Labute approximate surface area is 83.9 Å². The van der Waals surface area contributed by atoms with Crippen LogP contribution in [0, 0.1) is 10.9 Å². The molecular weight excluding hydrogens is 206 g/mol. The quantitative estimate of drug-likeness (QED) is 0.742. The van der Waals surface area contributed by atoms with Gasteiger partial charge in [0.2, 0.25) is 0 Å². The molecule has 0 bridgehead atoms. The standard InChI is InChI=1S/C10H8F2OS/c1-2-13-9-7(11)4-3-6-5-8(12)14-10(6)9/h3-5H,2H2,1H3. The van der Waals surface area contributed by atoms with E-state index in [2.05, 4.69) is 0 Å². The van der Waals surface area contributed by atoms with E-state index in [0.29, 0.717) is 16.7 Å². The van der Waals surface area contributed by atoms with Crippen LogP contribution in [-0.4, -0.2) is 6.61 Å². The highest BCUT2D eigenvalue weighted by Gasteiger charge is 2.11. The van der Waals surface area contributed by atoms with Crippen LogP contribution in [0.5, 0.6) is 5.75 Å². The number of hydrogen-bond donors (Lipinski definition) is 0. The van der Waals surface area contributed by atoms with Gasteiger partial charge in [-0.15, -0.1) is 11.3 Å². The van der Waals surface area contributed by atoms with Gasteiger partial charge in [0, 0.05) is 0 Å². The van der Waals surface area contributed by atoms with Crippen molar-refractivity contribution in [2.45, 2.75) is 6.92 Å². The molecule has 0 aliphatic rings. The number of halogens is 2. The summed E-state index contributed by atoms with van der Waals surface area (Å²) in [5.41, 5.74) is 0. The smallest absolute Gasteiger partial charge is 0.177 e. The molecule has 1 aromatic heterocycles. The summed E-state index contributed by atoms with van der Waals surface area (Å²) in [5, 5.41) is 0.351. The van der Waals surface area contributed by atoms with Crippen LogP contribution >= 0.6 is 11.3 Å². The summed E-state index contributed by atoms with van der Waals surface area (Å²) in [7, 11) is 0. The lowest BCUT2D eigenvalue weighted by Crippen LogP contribution is -1.94. The van der Waals surface area contributed by atoms with Gasteiger partial charge in [0.25, 0.3) is 0 Å². The highest BCUT2D eigenvalue weighted by Crippen LogP contribution is 2.34. The molecule has 14 heavy (non-hydrogen) atoms. The molecule has 0 aliphatic carbocycles. The SMILES string of the molecule is CCOc1c(F)ccc2cc(F)sc12. The molecule has 0 saturated heterocycles. The van der Waals surface area contributed by atoms with Crippen molar-refractivity contribution in [2.75, 3.05) is 6.61 Å². The Bertz CT molecular complexity index is 464. The number of fused-ring (bicyclic) bond motifs is 1. The van der Waals surface area contributed by atoms with Crippen molar-refractivity contribution in [3.05, 3.63) is 29.1 Å². The lowest BCUT2D eigenvalue weighted by Gasteiger charge is -2.04. The fraction of sp³-hybridized carbons (Fsp3) is 0.200. The van der Waals surface area contributed by atoms with E-state index in [0.717, 1.165) is 11.3 Å². The van der Waals surface area contributed by atoms with Gasteiger partial charge >= 0.3 is 0 Å². The summed E-state index contributed by atoms with van der Waals surface area (Å²) in [4.78, 5) is 0. The molecule has 74 valence electrons. The Morgan fingerprint density at radius 1 is 1.36 bits per heavy atom. The highest BCUT2D eigenvalue weighted by molar-refractivity contribution is 7.17. The van der Waals surface area contributed by atoms with Gasteiger partial charge in [-0.3, -0.25) is 0 Å². The fourth-order valence-electron chi connectivity index (χ4n) is 1.30. The molecule has 2 rings (SSSR count). The van der Waals surface area contributed by atoms with Crippen LogP contribution in [0.4, 0.5) is 8.78 Å². The molecule has 4 heteroatoms. The van der Waals surface area contributed by atoms with Crippen molar-refractivity contribution in [1.29, 1.82) is 0 Å². The van der Waals surface area contributed by atoms with E-state index in [4.69, 9.17) is 4.74 Å². The number of benzene rings is 1. The second kappa shape index (κ2) is 3.53. The number of ether oxygens (including phenoxy) is 1. The van der Waals surface area contributed by atoms with Gasteiger partial charge in [0.1, 0.15) is 0 Å². The van der Waals surface area contributed by atoms with Gasteiger partial charge in [-0.2, -0.15) is 4.39 Å². The zero-order valence-corrected chi connectivity index (χ0v) is 8.33. The molecule has 0 spiro atoms. The molecular formula is C10H8F2OS. The zero-order valence-electron chi connectivity index (χ0n) is 7.51. The average molecular weight is 214 g/mol. The van der Waals surface area contributed by atoms with Crippen LogP contribution in [0.25, 0.3) is 10.1 Å². The minimum absolute atomic E-state index is 0.152. The third-order valence-electron chi connectivity index (χ3n) is 1.85. The topological polar surface area (TPSA) is 9.23 Å². The lowest BCUT2D eigenvalue weighted by atomic mass is 10.2. The summed E-state index contributed by atoms with van der Waals surface area (Å²) >= 11 is 0.901. The molecule has 0 amide bonds. The molecule has 0 unspecified atom stereocenters. The molecule has 0 aliphatic heterocycles. The van der Waals surface area contributed by atoms with Gasteiger partial charge in [-0.05, 0) is 24.4 Å². The van der Waals surface area contributed by atoms with E-state index < -0.39 is 5.82 Å². The van der Waals surface area contributed by atoms with Gasteiger partial charge in [-0.25, -0.2) is 4.39 Å². The summed E-state index contributed by atoms with van der Waals surface area (Å²) in [6, 6.07) is 4.22. The minimum Gasteiger partial charge on any atom is -0.489 e. The van der Waals surface area contributed by atoms with Crippen molar-refractivity contribution < 1.29 is 13.5 Å². The Hall–Kier alpha value is -1.16. The van der Waals surface area contributed by atoms with Crippen LogP contribution < -0.4 is 4.74 Å². The van der Waals surface area contributed by atoms with E-state index in [1.54, 1.807) is 13.0 Å². The summed E-state index contributed by atoms with van der Waals surface area (Å²) in [6.45, 7) is 2.14. The number of rotatable bonds is 2. The van der Waals surface area contributed by atoms with Crippen molar-refractivity contribution in [3.8, 4) is 5.75 Å². The summed E-state index contributed by atoms with van der Waals surface area (Å²) in [6.07, 6.45) is 0. The molecule has 1 aromatic carbocycles. The van der Waals surface area contributed by atoms with Crippen molar-refractivity contribution in [1.82, 2.24) is 0 Å². The first-order valence-electron chi connectivity index (χ1n) is 4.22. The Morgan fingerprint density at radius 2 is 2.14 bits per heavy atom. The predicted octanol–water partition coefficient (Wildman–Crippen LogP) is 3.58. The molecule has 2 aromatic rings. The maximum atomic E-state index is 13.3. The molecule has 0 saturated carbocycles. The molecule has 1 heterocycles. The second-order valence-electron chi connectivity index (χ2n) is 2.78. The number of thiophene rings is 1. The molecule has 0 radical (unpaired) electrons. The molecule has 0 fully saturated rings. The lowest BCUT2D eigenvalue weighted by molar-refractivity contribution is 0.326. The third kappa shape index (κ3) is 1.46. The first-order valence-corrected chi connectivity index (χ1v) is 5.04. The first kappa shape index (κ1) is 9.40. The monoisotopic (exact) mass is 214 g/mol. The van der Waals surface area contributed by atoms with Crippen LogP contribution in [0.3, 0.4) is 0 Å². The number of hydrogen-bond acceptors (Lipinski definition) is 2. The molecule has 0 atom stereocenters. The van der Waals surface area contributed by atoms with E-state index in [-0.39, 0.29) is 10.9 Å². The van der Waals surface area contributed by atoms with Crippen molar-refractivity contribution in [2.24, 2.45) is 0 Å². The van der Waals surface area contributed by atoms with Gasteiger partial charge in [0.15, 0.2) is 16.7 Å². The van der Waals surface area contributed by atoms with Crippen molar-refractivity contribution in [3.63, 3.8) is 0 Å². The van der Waals surface area contributed by atoms with E-state index in [9.17, 15) is 8.78 Å². The Kier molecular flexibility index (Phi) is 2.37. The highest BCUT2D eigenvalue weighted by atomic mass is 32.1. The zero-order chi connectivity index (χ0) is 10.1. The minimum atomic E-state index is -0.443. The predicted molar refractivity (Wildman–Crippen MR) is 52.9 cm³/mol. The van der Waals surface area contributed by atoms with Crippen molar-refractivity contribution >= 4 is 21.4 Å². The van der Waals surface area contributed by atoms with Crippen LogP contribution in [-0.2, 0) is 0 Å². The van der Waals surface area contributed by atoms with Gasteiger partial charge < -0.3 is 4.74 Å². The largest absolute Gasteiger partial charge is 0.489 e.